The third kappa shape index (κ3) is 4.67. The number of benzene rings is 1. The Morgan fingerprint density at radius 2 is 1.84 bits per heavy atom. The van der Waals surface area contributed by atoms with Crippen molar-refractivity contribution in [2.45, 2.75) is 40.0 Å². The molecule has 3 N–H and O–H groups in total. The van der Waals surface area contributed by atoms with Crippen molar-refractivity contribution >= 4 is 11.6 Å². The van der Waals surface area contributed by atoms with Gasteiger partial charge in [-0.05, 0) is 29.9 Å². The first kappa shape index (κ1) is 15.7. The number of hydrogen-bond donors (Lipinski definition) is 2. The molecule has 0 bridgehead atoms. The summed E-state index contributed by atoms with van der Waals surface area (Å²) in [6, 6.07) is 7.96. The van der Waals surface area contributed by atoms with E-state index in [-0.39, 0.29) is 11.8 Å². The Morgan fingerprint density at radius 3 is 2.37 bits per heavy atom. The zero-order valence-corrected chi connectivity index (χ0v) is 12.4. The maximum atomic E-state index is 12.3. The molecular formula is C16H26N2O. The van der Waals surface area contributed by atoms with Crippen molar-refractivity contribution in [3.8, 4) is 0 Å². The van der Waals surface area contributed by atoms with Crippen LogP contribution in [0.1, 0.15) is 45.6 Å². The van der Waals surface area contributed by atoms with Crippen molar-refractivity contribution in [3.63, 3.8) is 0 Å². The molecule has 3 nitrogen and oxygen atoms in total. The van der Waals surface area contributed by atoms with Crippen molar-refractivity contribution in [1.29, 1.82) is 0 Å². The molecule has 1 aromatic rings. The van der Waals surface area contributed by atoms with Gasteiger partial charge in [0.25, 0.3) is 0 Å². The first-order valence-corrected chi connectivity index (χ1v) is 7.05. The predicted octanol–water partition coefficient (Wildman–Crippen LogP) is 3.37. The molecule has 106 valence electrons. The molecule has 0 fully saturated rings. The minimum Gasteiger partial charge on any atom is -0.330 e. The van der Waals surface area contributed by atoms with Crippen molar-refractivity contribution in [3.05, 3.63) is 29.8 Å². The number of nitrogens with two attached hydrogens (primary N) is 1. The number of carbonyl (C=O) groups is 1. The zero-order valence-electron chi connectivity index (χ0n) is 12.4. The smallest absolute Gasteiger partial charge is 0.228 e. The van der Waals surface area contributed by atoms with Crippen LogP contribution in [0.2, 0.25) is 0 Å². The maximum absolute atomic E-state index is 12.3. The number of carbonyl (C=O) groups excluding carboxylic acids is 1. The number of anilines is 1. The zero-order chi connectivity index (χ0) is 14.4. The van der Waals surface area contributed by atoms with Gasteiger partial charge in [-0.25, -0.2) is 0 Å². The molecule has 0 spiro atoms. The first-order valence-electron chi connectivity index (χ1n) is 7.05. The Morgan fingerprint density at radius 1 is 1.21 bits per heavy atom. The summed E-state index contributed by atoms with van der Waals surface area (Å²) in [5.41, 5.74) is 7.78. The van der Waals surface area contributed by atoms with Crippen molar-refractivity contribution < 1.29 is 4.79 Å². The van der Waals surface area contributed by atoms with Gasteiger partial charge in [0.05, 0.1) is 5.92 Å². The van der Waals surface area contributed by atoms with Crippen LogP contribution in [0, 0.1) is 11.8 Å². The summed E-state index contributed by atoms with van der Waals surface area (Å²) in [7, 11) is 0. The molecule has 1 rings (SSSR count). The van der Waals surface area contributed by atoms with E-state index in [1.54, 1.807) is 0 Å². The van der Waals surface area contributed by atoms with Crippen molar-refractivity contribution in [2.24, 2.45) is 17.6 Å². The van der Waals surface area contributed by atoms with Crippen LogP contribution in [0.5, 0.6) is 0 Å². The van der Waals surface area contributed by atoms with Gasteiger partial charge in [-0.1, -0.05) is 45.9 Å². The fraction of sp³-hybridized carbons (Fsp3) is 0.562. The normalized spacial score (nSPS) is 12.8. The predicted molar refractivity (Wildman–Crippen MR) is 81.2 cm³/mol. The molecule has 0 aliphatic carbocycles. The molecule has 0 heterocycles. The van der Waals surface area contributed by atoms with E-state index in [0.29, 0.717) is 18.4 Å². The number of para-hydroxylation sites is 1. The van der Waals surface area contributed by atoms with Crippen LogP contribution < -0.4 is 11.1 Å². The monoisotopic (exact) mass is 262 g/mol. The highest BCUT2D eigenvalue weighted by atomic mass is 16.1. The van der Waals surface area contributed by atoms with Crippen molar-refractivity contribution in [2.75, 3.05) is 11.9 Å². The summed E-state index contributed by atoms with van der Waals surface area (Å²) in [5, 5.41) is 3.03. The number of hydrogen-bond acceptors (Lipinski definition) is 2. The average molecular weight is 262 g/mol. The Balaban J connectivity index is 2.81. The second kappa shape index (κ2) is 7.29. The van der Waals surface area contributed by atoms with E-state index >= 15 is 0 Å². The fourth-order valence-electron chi connectivity index (χ4n) is 2.23. The Hall–Kier alpha value is -1.35. The van der Waals surface area contributed by atoms with Crippen LogP contribution in [-0.4, -0.2) is 12.5 Å². The van der Waals surface area contributed by atoms with Crippen molar-refractivity contribution in [1.82, 2.24) is 0 Å². The van der Waals surface area contributed by atoms with E-state index in [2.05, 4.69) is 39.1 Å². The third-order valence-electron chi connectivity index (χ3n) is 3.25. The summed E-state index contributed by atoms with van der Waals surface area (Å²) >= 11 is 0. The lowest BCUT2D eigenvalue weighted by atomic mass is 9.95. The summed E-state index contributed by atoms with van der Waals surface area (Å²) < 4.78 is 0. The van der Waals surface area contributed by atoms with Gasteiger partial charge in [-0.3, -0.25) is 4.79 Å². The second-order valence-corrected chi connectivity index (χ2v) is 5.79. The van der Waals surface area contributed by atoms with Gasteiger partial charge in [0, 0.05) is 12.2 Å². The van der Waals surface area contributed by atoms with Gasteiger partial charge in [-0.15, -0.1) is 0 Å². The van der Waals surface area contributed by atoms with Gasteiger partial charge in [-0.2, -0.15) is 0 Å². The van der Waals surface area contributed by atoms with Crippen LogP contribution in [0.3, 0.4) is 0 Å². The van der Waals surface area contributed by atoms with Crippen LogP contribution in [-0.2, 0) is 4.79 Å². The molecule has 0 aliphatic rings. The highest BCUT2D eigenvalue weighted by Crippen LogP contribution is 2.24. The third-order valence-corrected chi connectivity index (χ3v) is 3.25. The van der Waals surface area contributed by atoms with Crippen LogP contribution in [0.15, 0.2) is 24.3 Å². The van der Waals surface area contributed by atoms with E-state index in [9.17, 15) is 4.79 Å². The average Bonchev–Trinajstić information content (AvgIpc) is 2.35. The highest BCUT2D eigenvalue weighted by molar-refractivity contribution is 5.93. The molecular weight excluding hydrogens is 236 g/mol. The molecule has 1 atom stereocenters. The first-order chi connectivity index (χ1) is 8.95. The summed E-state index contributed by atoms with van der Waals surface area (Å²) in [4.78, 5) is 12.3. The SMILES string of the molecule is CC(C)CC(CN)C(=O)Nc1ccccc1C(C)C. The van der Waals surface area contributed by atoms with Crippen LogP contribution in [0.25, 0.3) is 0 Å². The molecule has 0 aromatic heterocycles. The molecule has 0 saturated heterocycles. The lowest BCUT2D eigenvalue weighted by molar-refractivity contribution is -0.120. The summed E-state index contributed by atoms with van der Waals surface area (Å²) in [6.45, 7) is 8.86. The molecule has 3 heteroatoms. The van der Waals surface area contributed by atoms with Gasteiger partial charge < -0.3 is 11.1 Å². The van der Waals surface area contributed by atoms with Gasteiger partial charge in [0.1, 0.15) is 0 Å². The second-order valence-electron chi connectivity index (χ2n) is 5.79. The largest absolute Gasteiger partial charge is 0.330 e. The number of amides is 1. The number of nitrogens with one attached hydrogen (secondary N) is 1. The minimum absolute atomic E-state index is 0.0318. The Kier molecular flexibility index (Phi) is 6.03. The summed E-state index contributed by atoms with van der Waals surface area (Å²) in [6.07, 6.45) is 0.826. The Bertz CT molecular complexity index is 413. The topological polar surface area (TPSA) is 55.1 Å². The Labute approximate surface area is 116 Å². The van der Waals surface area contributed by atoms with Crippen LogP contribution in [0.4, 0.5) is 5.69 Å². The minimum atomic E-state index is -0.111. The quantitative estimate of drug-likeness (QED) is 0.826. The van der Waals surface area contributed by atoms with E-state index in [1.807, 2.05) is 18.2 Å². The van der Waals surface area contributed by atoms with E-state index in [1.165, 1.54) is 0 Å². The van der Waals surface area contributed by atoms with E-state index in [0.717, 1.165) is 17.7 Å². The molecule has 0 aliphatic heterocycles. The highest BCUT2D eigenvalue weighted by Gasteiger charge is 2.19. The van der Waals surface area contributed by atoms with E-state index < -0.39 is 0 Å². The van der Waals surface area contributed by atoms with Gasteiger partial charge in [0.15, 0.2) is 0 Å². The van der Waals surface area contributed by atoms with Gasteiger partial charge >= 0.3 is 0 Å². The van der Waals surface area contributed by atoms with Gasteiger partial charge in [0.2, 0.25) is 5.91 Å². The molecule has 1 amide bonds. The maximum Gasteiger partial charge on any atom is 0.228 e. The molecule has 0 saturated carbocycles. The summed E-state index contributed by atoms with van der Waals surface area (Å²) in [5.74, 6) is 0.780. The lowest BCUT2D eigenvalue weighted by Crippen LogP contribution is -2.30. The molecule has 0 radical (unpaired) electrons. The fourth-order valence-corrected chi connectivity index (χ4v) is 2.23. The van der Waals surface area contributed by atoms with Crippen LogP contribution >= 0.6 is 0 Å². The molecule has 1 unspecified atom stereocenters. The molecule has 19 heavy (non-hydrogen) atoms. The standard InChI is InChI=1S/C16H26N2O/c1-11(2)9-13(10-17)16(19)18-15-8-6-5-7-14(15)12(3)4/h5-8,11-13H,9-10,17H2,1-4H3,(H,18,19). The number of rotatable bonds is 6. The molecule has 1 aromatic carbocycles. The lowest BCUT2D eigenvalue weighted by Gasteiger charge is -2.19. The van der Waals surface area contributed by atoms with E-state index in [4.69, 9.17) is 5.73 Å².